The minimum Gasteiger partial charge on any atom is -0.456 e. The summed E-state index contributed by atoms with van der Waals surface area (Å²) in [5.74, 6) is 0. The van der Waals surface area contributed by atoms with Crippen molar-refractivity contribution >= 4 is 43.5 Å². The minimum atomic E-state index is -0.407. The lowest BCUT2D eigenvalue weighted by molar-refractivity contribution is 0.666. The fourth-order valence-electron chi connectivity index (χ4n) is 10.8. The molecular weight excluding hydrogens is 701 g/mol. The molecule has 1 spiro atoms. The Balaban J connectivity index is 1.05. The summed E-state index contributed by atoms with van der Waals surface area (Å²) >= 11 is 0. The molecular formula is C57H34O. The molecule has 0 aliphatic heterocycles. The maximum atomic E-state index is 7.00. The van der Waals surface area contributed by atoms with Crippen LogP contribution in [0.5, 0.6) is 0 Å². The van der Waals surface area contributed by atoms with Crippen molar-refractivity contribution in [1.29, 1.82) is 0 Å². The standard InChI is InChI=1S/C57H34O/c1-2-16-35(17-3-1)37-18-4-5-22-42(37)56-45-25-8-6-23-43(45)55(44-24-7-9-26-46(44)56)36-30-31-41-48-33-47-40-21-12-15-29-51(40)57(52(47)34-54(48)58-53(41)32-36)49-27-13-10-19-38(49)39-20-11-14-28-50(39)57/h1-34H. The van der Waals surface area contributed by atoms with Gasteiger partial charge in [0.2, 0.25) is 0 Å². The topological polar surface area (TPSA) is 13.1 Å². The molecule has 1 aromatic heterocycles. The van der Waals surface area contributed by atoms with Crippen LogP contribution in [0.25, 0.3) is 99.1 Å². The number of hydrogen-bond acceptors (Lipinski definition) is 1. The second kappa shape index (κ2) is 11.8. The van der Waals surface area contributed by atoms with E-state index in [1.807, 2.05) is 0 Å². The minimum absolute atomic E-state index is 0.407. The first-order valence-corrected chi connectivity index (χ1v) is 20.2. The van der Waals surface area contributed by atoms with Gasteiger partial charge in [-0.3, -0.25) is 0 Å². The Hall–Kier alpha value is -7.48. The number of benzene rings is 10. The smallest absolute Gasteiger partial charge is 0.136 e. The van der Waals surface area contributed by atoms with E-state index in [0.717, 1.165) is 27.5 Å². The molecule has 58 heavy (non-hydrogen) atoms. The monoisotopic (exact) mass is 734 g/mol. The van der Waals surface area contributed by atoms with Crippen LogP contribution in [0.4, 0.5) is 0 Å². The van der Waals surface area contributed by atoms with Gasteiger partial charge in [0.25, 0.3) is 0 Å². The van der Waals surface area contributed by atoms with Crippen LogP contribution in [0.2, 0.25) is 0 Å². The van der Waals surface area contributed by atoms with Crippen molar-refractivity contribution in [3.8, 4) is 55.6 Å². The van der Waals surface area contributed by atoms with Crippen LogP contribution in [-0.4, -0.2) is 0 Å². The van der Waals surface area contributed by atoms with Crippen LogP contribution < -0.4 is 0 Å². The lowest BCUT2D eigenvalue weighted by Crippen LogP contribution is -2.25. The van der Waals surface area contributed by atoms with Gasteiger partial charge >= 0.3 is 0 Å². The van der Waals surface area contributed by atoms with E-state index in [0.29, 0.717) is 0 Å². The quantitative estimate of drug-likeness (QED) is 0.165. The van der Waals surface area contributed by atoms with Gasteiger partial charge in [-0.25, -0.2) is 0 Å². The Labute approximate surface area is 336 Å². The van der Waals surface area contributed by atoms with Crippen molar-refractivity contribution in [3.63, 3.8) is 0 Å². The summed E-state index contributed by atoms with van der Waals surface area (Å²) in [7, 11) is 0. The second-order valence-electron chi connectivity index (χ2n) is 15.8. The van der Waals surface area contributed by atoms with Crippen molar-refractivity contribution in [3.05, 3.63) is 229 Å². The van der Waals surface area contributed by atoms with Crippen LogP contribution in [0, 0.1) is 0 Å². The van der Waals surface area contributed by atoms with Gasteiger partial charge in [-0.1, -0.05) is 182 Å². The molecule has 10 aromatic carbocycles. The van der Waals surface area contributed by atoms with Crippen LogP contribution in [0.15, 0.2) is 211 Å². The van der Waals surface area contributed by atoms with E-state index in [1.165, 1.54) is 93.9 Å². The van der Waals surface area contributed by atoms with Gasteiger partial charge in [-0.2, -0.15) is 0 Å². The van der Waals surface area contributed by atoms with Crippen LogP contribution in [-0.2, 0) is 5.41 Å². The molecule has 0 amide bonds. The van der Waals surface area contributed by atoms with Crippen LogP contribution in [0.1, 0.15) is 22.3 Å². The van der Waals surface area contributed by atoms with E-state index in [4.69, 9.17) is 4.42 Å². The molecule has 11 aromatic rings. The third kappa shape index (κ3) is 4.10. The van der Waals surface area contributed by atoms with E-state index in [-0.39, 0.29) is 0 Å². The fraction of sp³-hybridized carbons (Fsp3) is 0.0175. The number of fused-ring (bicyclic) bond motifs is 15. The Bertz CT molecular complexity index is 3410. The summed E-state index contributed by atoms with van der Waals surface area (Å²) in [6.07, 6.45) is 0. The molecule has 0 saturated heterocycles. The molecule has 0 N–H and O–H groups in total. The van der Waals surface area contributed by atoms with E-state index < -0.39 is 5.41 Å². The molecule has 0 atom stereocenters. The first-order chi connectivity index (χ1) is 28.8. The summed E-state index contributed by atoms with van der Waals surface area (Å²) < 4.78 is 7.00. The van der Waals surface area contributed by atoms with Crippen LogP contribution >= 0.6 is 0 Å². The maximum absolute atomic E-state index is 7.00. The molecule has 268 valence electrons. The Kier molecular flexibility index (Phi) is 6.43. The van der Waals surface area contributed by atoms with Gasteiger partial charge in [0.15, 0.2) is 0 Å². The molecule has 0 fully saturated rings. The molecule has 2 aliphatic carbocycles. The molecule has 0 unspecified atom stereocenters. The summed E-state index contributed by atoms with van der Waals surface area (Å²) in [6, 6.07) is 76.0. The summed E-state index contributed by atoms with van der Waals surface area (Å²) in [5, 5.41) is 7.21. The third-order valence-electron chi connectivity index (χ3n) is 13.1. The van der Waals surface area contributed by atoms with Crippen LogP contribution in [0.3, 0.4) is 0 Å². The van der Waals surface area contributed by atoms with Crippen molar-refractivity contribution < 1.29 is 4.42 Å². The average molecular weight is 735 g/mol. The molecule has 2 aliphatic rings. The zero-order chi connectivity index (χ0) is 38.0. The first kappa shape index (κ1) is 31.7. The third-order valence-corrected chi connectivity index (χ3v) is 13.1. The zero-order valence-corrected chi connectivity index (χ0v) is 31.5. The van der Waals surface area contributed by atoms with Gasteiger partial charge in [-0.05, 0) is 124 Å². The normalized spacial score (nSPS) is 13.3. The van der Waals surface area contributed by atoms with Gasteiger partial charge in [-0.15, -0.1) is 0 Å². The Morgan fingerprint density at radius 3 is 1.33 bits per heavy atom. The van der Waals surface area contributed by atoms with E-state index >= 15 is 0 Å². The number of rotatable bonds is 3. The largest absolute Gasteiger partial charge is 0.456 e. The maximum Gasteiger partial charge on any atom is 0.136 e. The van der Waals surface area contributed by atoms with Crippen molar-refractivity contribution in [2.24, 2.45) is 0 Å². The number of furan rings is 1. The highest BCUT2D eigenvalue weighted by atomic mass is 16.3. The highest BCUT2D eigenvalue weighted by molar-refractivity contribution is 6.23. The zero-order valence-electron chi connectivity index (χ0n) is 31.5. The second-order valence-corrected chi connectivity index (χ2v) is 15.8. The van der Waals surface area contributed by atoms with Crippen molar-refractivity contribution in [2.45, 2.75) is 5.41 Å². The fourth-order valence-corrected chi connectivity index (χ4v) is 10.8. The van der Waals surface area contributed by atoms with Gasteiger partial charge in [0.05, 0.1) is 5.41 Å². The average Bonchev–Trinajstić information content (AvgIpc) is 3.91. The van der Waals surface area contributed by atoms with E-state index in [2.05, 4.69) is 206 Å². The number of hydrogen-bond donors (Lipinski definition) is 0. The van der Waals surface area contributed by atoms with Gasteiger partial charge in [0.1, 0.15) is 11.2 Å². The highest BCUT2D eigenvalue weighted by Gasteiger charge is 2.51. The van der Waals surface area contributed by atoms with Crippen molar-refractivity contribution in [2.75, 3.05) is 0 Å². The summed E-state index contributed by atoms with van der Waals surface area (Å²) in [6.45, 7) is 0. The van der Waals surface area contributed by atoms with Crippen molar-refractivity contribution in [1.82, 2.24) is 0 Å². The first-order valence-electron chi connectivity index (χ1n) is 20.2. The lowest BCUT2D eigenvalue weighted by atomic mass is 9.70. The summed E-state index contributed by atoms with van der Waals surface area (Å²) in [5.41, 5.74) is 19.2. The molecule has 1 heteroatoms. The predicted molar refractivity (Wildman–Crippen MR) is 241 cm³/mol. The Morgan fingerprint density at radius 1 is 0.259 bits per heavy atom. The molecule has 0 saturated carbocycles. The lowest BCUT2D eigenvalue weighted by Gasteiger charge is -2.30. The molecule has 0 bridgehead atoms. The van der Waals surface area contributed by atoms with Gasteiger partial charge < -0.3 is 4.42 Å². The predicted octanol–water partition coefficient (Wildman–Crippen LogP) is 15.2. The summed E-state index contributed by atoms with van der Waals surface area (Å²) in [4.78, 5) is 0. The Morgan fingerprint density at radius 2 is 0.724 bits per heavy atom. The molecule has 1 heterocycles. The van der Waals surface area contributed by atoms with E-state index in [1.54, 1.807) is 0 Å². The molecule has 0 radical (unpaired) electrons. The SMILES string of the molecule is c1ccc(-c2ccccc2-c2c3ccccc3c(-c3ccc4c(c3)oc3cc5c(cc34)-c3ccccc3C53c4ccccc4-c4ccccc43)c3ccccc23)cc1. The van der Waals surface area contributed by atoms with Gasteiger partial charge in [0, 0.05) is 10.8 Å². The highest BCUT2D eigenvalue weighted by Crippen LogP contribution is 2.63. The van der Waals surface area contributed by atoms with E-state index in [9.17, 15) is 0 Å². The molecule has 1 nitrogen and oxygen atoms in total. The molecule has 13 rings (SSSR count).